The van der Waals surface area contributed by atoms with Crippen LogP contribution in [-0.2, 0) is 13.0 Å². The van der Waals surface area contributed by atoms with Crippen molar-refractivity contribution in [1.29, 1.82) is 0 Å². The van der Waals surface area contributed by atoms with E-state index in [0.29, 0.717) is 17.7 Å². The number of hydrogen-bond donors (Lipinski definition) is 2. The molecule has 0 fully saturated rings. The van der Waals surface area contributed by atoms with Gasteiger partial charge in [-0.05, 0) is 36.8 Å². The Hall–Kier alpha value is -2.79. The Morgan fingerprint density at radius 2 is 1.92 bits per heavy atom. The van der Waals surface area contributed by atoms with E-state index in [4.69, 9.17) is 9.15 Å². The van der Waals surface area contributed by atoms with E-state index in [2.05, 4.69) is 17.4 Å². The van der Waals surface area contributed by atoms with E-state index in [9.17, 15) is 9.90 Å². The standard InChI is InChI=1S/C20H21NO4/c1-13-18(22)8-7-17-15(11-19(23)25-20(13)17)12-21-10-9-14-3-5-16(24-2)6-4-14/h3-8,11,21-22H,9-10,12H2,1-2H3/p+1. The highest BCUT2D eigenvalue weighted by atomic mass is 16.5. The maximum Gasteiger partial charge on any atom is 0.336 e. The Bertz CT molecular complexity index is 929. The number of phenolic OH excluding ortho intramolecular Hbond substituents is 1. The molecule has 0 atom stereocenters. The summed E-state index contributed by atoms with van der Waals surface area (Å²) in [6.07, 6.45) is 0.934. The zero-order valence-corrected chi connectivity index (χ0v) is 14.4. The van der Waals surface area contributed by atoms with Gasteiger partial charge in [0.2, 0.25) is 0 Å². The van der Waals surface area contributed by atoms with Gasteiger partial charge in [0.1, 0.15) is 23.6 Å². The summed E-state index contributed by atoms with van der Waals surface area (Å²) in [5.41, 5.74) is 2.83. The van der Waals surface area contributed by atoms with E-state index in [1.165, 1.54) is 11.6 Å². The largest absolute Gasteiger partial charge is 0.508 e. The summed E-state index contributed by atoms with van der Waals surface area (Å²) >= 11 is 0. The van der Waals surface area contributed by atoms with Gasteiger partial charge in [0.05, 0.1) is 13.7 Å². The predicted molar refractivity (Wildman–Crippen MR) is 96.1 cm³/mol. The maximum atomic E-state index is 11.8. The van der Waals surface area contributed by atoms with Gasteiger partial charge >= 0.3 is 5.63 Å². The van der Waals surface area contributed by atoms with Crippen molar-refractivity contribution in [3.05, 3.63) is 69.6 Å². The Morgan fingerprint density at radius 3 is 2.64 bits per heavy atom. The van der Waals surface area contributed by atoms with Crippen LogP contribution in [0.5, 0.6) is 11.5 Å². The van der Waals surface area contributed by atoms with E-state index in [1.807, 2.05) is 12.1 Å². The van der Waals surface area contributed by atoms with Gasteiger partial charge in [-0.15, -0.1) is 0 Å². The van der Waals surface area contributed by atoms with Crippen molar-refractivity contribution in [3.8, 4) is 11.5 Å². The van der Waals surface area contributed by atoms with Crippen LogP contribution in [0.1, 0.15) is 16.7 Å². The Labute approximate surface area is 145 Å². The van der Waals surface area contributed by atoms with Crippen LogP contribution in [0.25, 0.3) is 11.0 Å². The van der Waals surface area contributed by atoms with Gasteiger partial charge in [-0.1, -0.05) is 12.1 Å². The average Bonchev–Trinajstić information content (AvgIpc) is 2.62. The molecular formula is C20H22NO4+. The third-order valence-electron chi connectivity index (χ3n) is 4.38. The van der Waals surface area contributed by atoms with Crippen LogP contribution in [0.3, 0.4) is 0 Å². The number of ether oxygens (including phenoxy) is 1. The third kappa shape index (κ3) is 3.83. The summed E-state index contributed by atoms with van der Waals surface area (Å²) in [4.78, 5) is 11.8. The lowest BCUT2D eigenvalue weighted by Crippen LogP contribution is -2.83. The monoisotopic (exact) mass is 340 g/mol. The lowest BCUT2D eigenvalue weighted by molar-refractivity contribution is -0.670. The highest BCUT2D eigenvalue weighted by Gasteiger charge is 2.11. The number of hydrogen-bond acceptors (Lipinski definition) is 4. The molecule has 0 unspecified atom stereocenters. The fourth-order valence-corrected chi connectivity index (χ4v) is 2.90. The number of fused-ring (bicyclic) bond motifs is 1. The highest BCUT2D eigenvalue weighted by Crippen LogP contribution is 2.26. The number of methoxy groups -OCH3 is 1. The first kappa shape index (κ1) is 17.0. The van der Waals surface area contributed by atoms with Crippen LogP contribution < -0.4 is 15.7 Å². The molecule has 0 saturated heterocycles. The van der Waals surface area contributed by atoms with Crippen LogP contribution in [0.15, 0.2) is 51.7 Å². The SMILES string of the molecule is COc1ccc(CC[NH2+]Cc2cc(=O)oc3c(C)c(O)ccc23)cc1. The summed E-state index contributed by atoms with van der Waals surface area (Å²) in [5, 5.41) is 12.8. The van der Waals surface area contributed by atoms with Crippen LogP contribution in [0.2, 0.25) is 0 Å². The fraction of sp³-hybridized carbons (Fsp3) is 0.250. The number of quaternary nitrogens is 1. The van der Waals surface area contributed by atoms with Crippen LogP contribution in [0, 0.1) is 6.92 Å². The molecule has 5 heteroatoms. The molecule has 1 heterocycles. The average molecular weight is 340 g/mol. The molecule has 1 aromatic heterocycles. The van der Waals surface area contributed by atoms with Crippen molar-refractivity contribution in [2.24, 2.45) is 0 Å². The second-order valence-corrected chi connectivity index (χ2v) is 6.06. The molecule has 25 heavy (non-hydrogen) atoms. The van der Waals surface area contributed by atoms with Crippen molar-refractivity contribution in [3.63, 3.8) is 0 Å². The van der Waals surface area contributed by atoms with Crippen molar-refractivity contribution < 1.29 is 19.6 Å². The second-order valence-electron chi connectivity index (χ2n) is 6.06. The van der Waals surface area contributed by atoms with Gasteiger partial charge in [0.25, 0.3) is 0 Å². The summed E-state index contributed by atoms with van der Waals surface area (Å²) in [7, 11) is 1.66. The number of nitrogens with two attached hydrogens (primary N) is 1. The normalized spacial score (nSPS) is 11.0. The van der Waals surface area contributed by atoms with Gasteiger partial charge in [0, 0.05) is 29.0 Å². The molecule has 0 saturated carbocycles. The van der Waals surface area contributed by atoms with Crippen LogP contribution >= 0.6 is 0 Å². The van der Waals surface area contributed by atoms with E-state index in [1.54, 1.807) is 26.2 Å². The van der Waals surface area contributed by atoms with E-state index < -0.39 is 0 Å². The molecule has 0 spiro atoms. The quantitative estimate of drug-likeness (QED) is 0.532. The fourth-order valence-electron chi connectivity index (χ4n) is 2.90. The number of benzene rings is 2. The Morgan fingerprint density at radius 1 is 1.16 bits per heavy atom. The number of aryl methyl sites for hydroxylation is 1. The number of aromatic hydroxyl groups is 1. The minimum atomic E-state index is -0.389. The molecule has 0 aliphatic rings. The zero-order chi connectivity index (χ0) is 17.8. The van der Waals surface area contributed by atoms with E-state index in [-0.39, 0.29) is 11.4 Å². The molecule has 3 N–H and O–H groups in total. The third-order valence-corrected chi connectivity index (χ3v) is 4.38. The van der Waals surface area contributed by atoms with Gasteiger partial charge in [-0.25, -0.2) is 4.79 Å². The van der Waals surface area contributed by atoms with Crippen molar-refractivity contribution in [1.82, 2.24) is 0 Å². The summed E-state index contributed by atoms with van der Waals surface area (Å²) in [6, 6.07) is 13.0. The lowest BCUT2D eigenvalue weighted by atomic mass is 10.1. The van der Waals surface area contributed by atoms with Crippen LogP contribution in [0.4, 0.5) is 0 Å². The zero-order valence-electron chi connectivity index (χ0n) is 14.4. The van der Waals surface area contributed by atoms with Gasteiger partial charge in [-0.2, -0.15) is 0 Å². The molecule has 2 aromatic carbocycles. The van der Waals surface area contributed by atoms with Gasteiger partial charge < -0.3 is 19.6 Å². The summed E-state index contributed by atoms with van der Waals surface area (Å²) in [5.74, 6) is 0.991. The minimum absolute atomic E-state index is 0.135. The van der Waals surface area contributed by atoms with Gasteiger partial charge in [-0.3, -0.25) is 0 Å². The van der Waals surface area contributed by atoms with Crippen molar-refractivity contribution in [2.75, 3.05) is 13.7 Å². The molecule has 0 amide bonds. The molecule has 0 aliphatic carbocycles. The molecule has 0 bridgehead atoms. The summed E-state index contributed by atoms with van der Waals surface area (Å²) < 4.78 is 10.4. The van der Waals surface area contributed by atoms with Crippen LogP contribution in [-0.4, -0.2) is 18.8 Å². The minimum Gasteiger partial charge on any atom is -0.508 e. The highest BCUT2D eigenvalue weighted by molar-refractivity contribution is 5.84. The predicted octanol–water partition coefficient (Wildman–Crippen LogP) is 2.12. The van der Waals surface area contributed by atoms with Crippen molar-refractivity contribution in [2.45, 2.75) is 19.9 Å². The molecule has 130 valence electrons. The molecule has 5 nitrogen and oxygen atoms in total. The number of rotatable bonds is 6. The first-order valence-electron chi connectivity index (χ1n) is 8.28. The smallest absolute Gasteiger partial charge is 0.336 e. The molecule has 0 aliphatic heterocycles. The van der Waals surface area contributed by atoms with E-state index in [0.717, 1.165) is 29.7 Å². The van der Waals surface area contributed by atoms with Gasteiger partial charge in [0.15, 0.2) is 0 Å². The molecule has 0 radical (unpaired) electrons. The topological polar surface area (TPSA) is 76.3 Å². The second kappa shape index (κ2) is 7.40. The Kier molecular flexibility index (Phi) is 5.05. The maximum absolute atomic E-state index is 11.8. The Balaban J connectivity index is 1.68. The van der Waals surface area contributed by atoms with E-state index >= 15 is 0 Å². The first-order chi connectivity index (χ1) is 12.1. The molecule has 3 rings (SSSR count). The molecule has 3 aromatic rings. The first-order valence-corrected chi connectivity index (χ1v) is 8.28. The number of phenols is 1. The van der Waals surface area contributed by atoms with Crippen molar-refractivity contribution >= 4 is 11.0 Å². The summed E-state index contributed by atoms with van der Waals surface area (Å²) in [6.45, 7) is 3.34. The lowest BCUT2D eigenvalue weighted by Gasteiger charge is -2.08. The molecular weight excluding hydrogens is 318 g/mol.